The van der Waals surface area contributed by atoms with E-state index in [2.05, 4.69) is 15.3 Å². The van der Waals surface area contributed by atoms with Gasteiger partial charge in [0, 0.05) is 11.8 Å². The fourth-order valence-electron chi connectivity index (χ4n) is 2.29. The van der Waals surface area contributed by atoms with E-state index in [1.54, 1.807) is 13.1 Å². The van der Waals surface area contributed by atoms with Gasteiger partial charge in [0.15, 0.2) is 5.78 Å². The lowest BCUT2D eigenvalue weighted by molar-refractivity contribution is 0.101. The van der Waals surface area contributed by atoms with Crippen LogP contribution in [0.4, 0.5) is 5.95 Å². The van der Waals surface area contributed by atoms with E-state index in [4.69, 9.17) is 4.42 Å². The summed E-state index contributed by atoms with van der Waals surface area (Å²) in [5.41, 5.74) is 2.25. The standard InChI is InChI=1S/C18H17N3O2/c1-12-16(13(2)22)11-20-18(21-12)19-10-15-8-9-17(23-15)14-6-4-3-5-7-14/h3-9,11H,10H2,1-2H3,(H,19,20,21). The Labute approximate surface area is 134 Å². The average molecular weight is 307 g/mol. The molecule has 0 radical (unpaired) electrons. The second kappa shape index (κ2) is 6.44. The molecule has 5 heteroatoms. The minimum Gasteiger partial charge on any atom is -0.459 e. The molecule has 1 aromatic carbocycles. The maximum absolute atomic E-state index is 11.4. The maximum Gasteiger partial charge on any atom is 0.223 e. The number of carbonyl (C=O) groups excluding carboxylic acids is 1. The van der Waals surface area contributed by atoms with Crippen LogP contribution >= 0.6 is 0 Å². The molecule has 23 heavy (non-hydrogen) atoms. The maximum atomic E-state index is 11.4. The van der Waals surface area contributed by atoms with E-state index in [0.717, 1.165) is 17.1 Å². The smallest absolute Gasteiger partial charge is 0.223 e. The van der Waals surface area contributed by atoms with E-state index >= 15 is 0 Å². The molecular formula is C18H17N3O2. The first-order valence-electron chi connectivity index (χ1n) is 7.36. The number of benzene rings is 1. The Balaban J connectivity index is 1.68. The van der Waals surface area contributed by atoms with Gasteiger partial charge in [-0.25, -0.2) is 9.97 Å². The highest BCUT2D eigenvalue weighted by atomic mass is 16.3. The zero-order valence-corrected chi connectivity index (χ0v) is 13.0. The van der Waals surface area contributed by atoms with E-state index in [0.29, 0.717) is 23.8 Å². The number of furan rings is 1. The molecule has 116 valence electrons. The van der Waals surface area contributed by atoms with Gasteiger partial charge in [-0.2, -0.15) is 0 Å². The van der Waals surface area contributed by atoms with E-state index < -0.39 is 0 Å². The van der Waals surface area contributed by atoms with E-state index in [1.165, 1.54) is 6.92 Å². The zero-order valence-electron chi connectivity index (χ0n) is 13.0. The second-order valence-corrected chi connectivity index (χ2v) is 5.23. The number of carbonyl (C=O) groups is 1. The number of anilines is 1. The molecule has 2 heterocycles. The van der Waals surface area contributed by atoms with Gasteiger partial charge in [-0.1, -0.05) is 30.3 Å². The summed E-state index contributed by atoms with van der Waals surface area (Å²) in [4.78, 5) is 19.8. The van der Waals surface area contributed by atoms with Crippen LogP contribution in [0.2, 0.25) is 0 Å². The van der Waals surface area contributed by atoms with Crippen molar-refractivity contribution in [3.05, 3.63) is 65.7 Å². The van der Waals surface area contributed by atoms with Gasteiger partial charge in [0.2, 0.25) is 5.95 Å². The number of rotatable bonds is 5. The largest absolute Gasteiger partial charge is 0.459 e. The SMILES string of the molecule is CC(=O)c1cnc(NCc2ccc(-c3ccccc3)o2)nc1C. The zero-order chi connectivity index (χ0) is 16.2. The summed E-state index contributed by atoms with van der Waals surface area (Å²) in [5.74, 6) is 2.06. The van der Waals surface area contributed by atoms with Crippen LogP contribution in [0, 0.1) is 6.92 Å². The molecule has 0 amide bonds. The highest BCUT2D eigenvalue weighted by Gasteiger charge is 2.08. The van der Waals surface area contributed by atoms with Crippen LogP contribution in [0.15, 0.2) is 53.1 Å². The van der Waals surface area contributed by atoms with Crippen LogP contribution in [-0.2, 0) is 6.54 Å². The molecule has 0 spiro atoms. The molecule has 0 unspecified atom stereocenters. The summed E-state index contributed by atoms with van der Waals surface area (Å²) < 4.78 is 5.81. The number of nitrogens with zero attached hydrogens (tertiary/aromatic N) is 2. The highest BCUT2D eigenvalue weighted by Crippen LogP contribution is 2.22. The fourth-order valence-corrected chi connectivity index (χ4v) is 2.29. The van der Waals surface area contributed by atoms with Crippen LogP contribution in [0.1, 0.15) is 28.7 Å². The molecule has 3 rings (SSSR count). The minimum atomic E-state index is -0.0346. The second-order valence-electron chi connectivity index (χ2n) is 5.23. The van der Waals surface area contributed by atoms with Crippen molar-refractivity contribution < 1.29 is 9.21 Å². The molecule has 0 aliphatic carbocycles. The molecule has 0 saturated heterocycles. The summed E-state index contributed by atoms with van der Waals surface area (Å²) in [7, 11) is 0. The van der Waals surface area contributed by atoms with E-state index in [-0.39, 0.29) is 5.78 Å². The summed E-state index contributed by atoms with van der Waals surface area (Å²) in [6.07, 6.45) is 1.55. The first-order chi connectivity index (χ1) is 11.1. The Morgan fingerprint density at radius 1 is 1.17 bits per heavy atom. The van der Waals surface area contributed by atoms with Gasteiger partial charge in [-0.3, -0.25) is 4.79 Å². The number of aryl methyl sites for hydroxylation is 1. The van der Waals surface area contributed by atoms with Crippen LogP contribution in [0.5, 0.6) is 0 Å². The number of ketones is 1. The average Bonchev–Trinajstić information content (AvgIpc) is 3.02. The summed E-state index contributed by atoms with van der Waals surface area (Å²) >= 11 is 0. The third-order valence-electron chi connectivity index (χ3n) is 3.50. The van der Waals surface area contributed by atoms with Crippen molar-refractivity contribution in [3.63, 3.8) is 0 Å². The lowest BCUT2D eigenvalue weighted by atomic mass is 10.2. The molecule has 3 aromatic rings. The fraction of sp³-hybridized carbons (Fsp3) is 0.167. The lowest BCUT2D eigenvalue weighted by Gasteiger charge is -2.05. The quantitative estimate of drug-likeness (QED) is 0.725. The Bertz CT molecular complexity index is 825. The Morgan fingerprint density at radius 3 is 2.65 bits per heavy atom. The summed E-state index contributed by atoms with van der Waals surface area (Å²) in [6, 6.07) is 13.8. The van der Waals surface area contributed by atoms with Gasteiger partial charge in [0.05, 0.1) is 17.8 Å². The number of aromatic nitrogens is 2. The van der Waals surface area contributed by atoms with Crippen molar-refractivity contribution in [2.45, 2.75) is 20.4 Å². The van der Waals surface area contributed by atoms with Crippen molar-refractivity contribution in [3.8, 4) is 11.3 Å². The van der Waals surface area contributed by atoms with Gasteiger partial charge in [0.1, 0.15) is 11.5 Å². The van der Waals surface area contributed by atoms with Gasteiger partial charge in [-0.05, 0) is 26.0 Å². The van der Waals surface area contributed by atoms with Gasteiger partial charge >= 0.3 is 0 Å². The van der Waals surface area contributed by atoms with Crippen LogP contribution in [-0.4, -0.2) is 15.8 Å². The molecule has 0 fully saturated rings. The molecule has 5 nitrogen and oxygen atoms in total. The molecular weight excluding hydrogens is 290 g/mol. The number of nitrogens with one attached hydrogen (secondary N) is 1. The normalized spacial score (nSPS) is 10.5. The van der Waals surface area contributed by atoms with Crippen molar-refractivity contribution in [1.29, 1.82) is 0 Å². The van der Waals surface area contributed by atoms with Crippen LogP contribution < -0.4 is 5.32 Å². The van der Waals surface area contributed by atoms with Crippen LogP contribution in [0.3, 0.4) is 0 Å². The van der Waals surface area contributed by atoms with Crippen molar-refractivity contribution >= 4 is 11.7 Å². The number of hydrogen-bond acceptors (Lipinski definition) is 5. The predicted molar refractivity (Wildman–Crippen MR) is 88.2 cm³/mol. The van der Waals surface area contributed by atoms with Crippen molar-refractivity contribution in [2.75, 3.05) is 5.32 Å². The molecule has 0 aliphatic rings. The number of Topliss-reactive ketones (excluding diaryl/α,β-unsaturated/α-hetero) is 1. The first-order valence-corrected chi connectivity index (χ1v) is 7.36. The van der Waals surface area contributed by atoms with E-state index in [1.807, 2.05) is 42.5 Å². The monoisotopic (exact) mass is 307 g/mol. The number of hydrogen-bond donors (Lipinski definition) is 1. The van der Waals surface area contributed by atoms with E-state index in [9.17, 15) is 4.79 Å². The molecule has 2 aromatic heterocycles. The lowest BCUT2D eigenvalue weighted by Crippen LogP contribution is -2.07. The highest BCUT2D eigenvalue weighted by molar-refractivity contribution is 5.94. The third kappa shape index (κ3) is 3.45. The topological polar surface area (TPSA) is 68.0 Å². The van der Waals surface area contributed by atoms with Gasteiger partial charge in [0.25, 0.3) is 0 Å². The Morgan fingerprint density at radius 2 is 1.96 bits per heavy atom. The van der Waals surface area contributed by atoms with Gasteiger partial charge < -0.3 is 9.73 Å². The molecule has 0 atom stereocenters. The van der Waals surface area contributed by atoms with Crippen LogP contribution in [0.25, 0.3) is 11.3 Å². The molecule has 0 bridgehead atoms. The molecule has 1 N–H and O–H groups in total. The summed E-state index contributed by atoms with van der Waals surface area (Å²) in [5, 5.41) is 3.11. The van der Waals surface area contributed by atoms with Crippen molar-refractivity contribution in [2.24, 2.45) is 0 Å². The van der Waals surface area contributed by atoms with Gasteiger partial charge in [-0.15, -0.1) is 0 Å². The third-order valence-corrected chi connectivity index (χ3v) is 3.50. The predicted octanol–water partition coefficient (Wildman–Crippen LogP) is 3.86. The Kier molecular flexibility index (Phi) is 4.19. The molecule has 0 aliphatic heterocycles. The molecule has 0 saturated carbocycles. The minimum absolute atomic E-state index is 0.0346. The first kappa shape index (κ1) is 15.0. The summed E-state index contributed by atoms with van der Waals surface area (Å²) in [6.45, 7) is 3.78. The Hall–Kier alpha value is -2.95. The van der Waals surface area contributed by atoms with Crippen molar-refractivity contribution in [1.82, 2.24) is 9.97 Å².